The van der Waals surface area contributed by atoms with E-state index in [4.69, 9.17) is 27.9 Å². The Kier molecular flexibility index (Phi) is 7.66. The molecule has 0 radical (unpaired) electrons. The number of carbonyl (C=O) groups excluding carboxylic acids is 1. The van der Waals surface area contributed by atoms with E-state index >= 15 is 0 Å². The predicted octanol–water partition coefficient (Wildman–Crippen LogP) is 3.73. The Morgan fingerprint density at radius 1 is 1.29 bits per heavy atom. The number of nitrogens with one attached hydrogen (secondary N) is 1. The summed E-state index contributed by atoms with van der Waals surface area (Å²) in [5.74, 6) is 1.83. The number of alkyl halides is 2. The smallest absolute Gasteiger partial charge is 0.305 e. The first-order valence-electron chi connectivity index (χ1n) is 8.19. The molecular weight excluding hydrogens is 349 g/mol. The van der Waals surface area contributed by atoms with Crippen LogP contribution in [0.25, 0.3) is 11.0 Å². The lowest BCUT2D eigenvalue weighted by molar-refractivity contribution is -0.143. The average molecular weight is 372 g/mol. The molecular formula is C17H23Cl2N3O2. The predicted molar refractivity (Wildman–Crippen MR) is 99.3 cm³/mol. The van der Waals surface area contributed by atoms with Crippen LogP contribution in [0.2, 0.25) is 0 Å². The van der Waals surface area contributed by atoms with Gasteiger partial charge in [-0.05, 0) is 31.5 Å². The van der Waals surface area contributed by atoms with Crippen LogP contribution in [0.3, 0.4) is 0 Å². The van der Waals surface area contributed by atoms with Gasteiger partial charge in [0.05, 0.1) is 17.6 Å². The maximum Gasteiger partial charge on any atom is 0.305 e. The van der Waals surface area contributed by atoms with E-state index in [1.807, 2.05) is 19.1 Å². The van der Waals surface area contributed by atoms with Gasteiger partial charge in [-0.3, -0.25) is 4.79 Å². The highest BCUT2D eigenvalue weighted by molar-refractivity contribution is 6.18. The Bertz CT molecular complexity index is 654. The molecule has 1 heterocycles. The first-order chi connectivity index (χ1) is 11.7. The summed E-state index contributed by atoms with van der Waals surface area (Å²) in [7, 11) is 0. The molecule has 0 atom stereocenters. The minimum Gasteiger partial charge on any atom is -0.466 e. The number of fused-ring (bicyclic) bond motifs is 1. The number of hydrogen-bond donors (Lipinski definition) is 1. The number of anilines is 1. The molecule has 0 amide bonds. The van der Waals surface area contributed by atoms with Crippen LogP contribution >= 0.6 is 23.2 Å². The fourth-order valence-electron chi connectivity index (χ4n) is 2.57. The van der Waals surface area contributed by atoms with Crippen LogP contribution in [-0.4, -0.2) is 47.4 Å². The summed E-state index contributed by atoms with van der Waals surface area (Å²) in [6.07, 6.45) is 1.85. The molecule has 24 heavy (non-hydrogen) atoms. The van der Waals surface area contributed by atoms with Crippen LogP contribution in [0.1, 0.15) is 25.6 Å². The molecule has 2 rings (SSSR count). The Labute approximate surface area is 152 Å². The van der Waals surface area contributed by atoms with Crippen molar-refractivity contribution in [3.8, 4) is 0 Å². The standard InChI is InChI=1S/C17H23Cl2N3O2/c1-2-24-17(23)5-3-4-16-20-14-7-6-13(12-15(14)21-16)22(10-8-18)11-9-19/h6-7,12H,2-5,8-11H2,1H3,(H,20,21). The Balaban J connectivity index is 2.03. The molecule has 132 valence electrons. The molecule has 0 bridgehead atoms. The molecule has 0 fully saturated rings. The van der Waals surface area contributed by atoms with Crippen LogP contribution in [0.4, 0.5) is 5.69 Å². The van der Waals surface area contributed by atoms with Crippen LogP contribution in [0, 0.1) is 0 Å². The molecule has 1 N–H and O–H groups in total. The average Bonchev–Trinajstić information content (AvgIpc) is 2.96. The second kappa shape index (κ2) is 9.74. The number of rotatable bonds is 10. The number of imidazole rings is 1. The van der Waals surface area contributed by atoms with Crippen LogP contribution in [0.15, 0.2) is 18.2 Å². The van der Waals surface area contributed by atoms with Gasteiger partial charge in [-0.1, -0.05) is 0 Å². The van der Waals surface area contributed by atoms with Gasteiger partial charge in [-0.2, -0.15) is 0 Å². The van der Waals surface area contributed by atoms with Crippen molar-refractivity contribution in [2.24, 2.45) is 0 Å². The first-order valence-corrected chi connectivity index (χ1v) is 9.26. The van der Waals surface area contributed by atoms with Gasteiger partial charge < -0.3 is 14.6 Å². The van der Waals surface area contributed by atoms with E-state index in [2.05, 4.69) is 20.9 Å². The molecule has 0 aliphatic carbocycles. The van der Waals surface area contributed by atoms with Crippen molar-refractivity contribution < 1.29 is 9.53 Å². The number of H-pyrrole nitrogens is 1. The lowest BCUT2D eigenvalue weighted by Gasteiger charge is -2.22. The number of benzene rings is 1. The van der Waals surface area contributed by atoms with E-state index in [9.17, 15) is 4.79 Å². The molecule has 2 aromatic rings. The summed E-state index contributed by atoms with van der Waals surface area (Å²) in [6, 6.07) is 6.09. The van der Waals surface area contributed by atoms with Crippen LogP contribution < -0.4 is 4.90 Å². The normalized spacial score (nSPS) is 11.0. The number of nitrogens with zero attached hydrogens (tertiary/aromatic N) is 2. The van der Waals surface area contributed by atoms with E-state index in [1.54, 1.807) is 0 Å². The van der Waals surface area contributed by atoms with E-state index in [1.165, 1.54) is 0 Å². The molecule has 1 aromatic heterocycles. The number of esters is 1. The number of aryl methyl sites for hydroxylation is 1. The zero-order chi connectivity index (χ0) is 17.4. The zero-order valence-corrected chi connectivity index (χ0v) is 15.4. The molecule has 0 saturated carbocycles. The topological polar surface area (TPSA) is 58.2 Å². The molecule has 5 nitrogen and oxygen atoms in total. The summed E-state index contributed by atoms with van der Waals surface area (Å²) < 4.78 is 4.93. The number of carbonyl (C=O) groups is 1. The fourth-order valence-corrected chi connectivity index (χ4v) is 2.98. The number of aromatic amines is 1. The van der Waals surface area contributed by atoms with Gasteiger partial charge in [0.1, 0.15) is 5.82 Å². The van der Waals surface area contributed by atoms with Crippen molar-refractivity contribution in [1.29, 1.82) is 0 Å². The van der Waals surface area contributed by atoms with E-state index < -0.39 is 0 Å². The van der Waals surface area contributed by atoms with Gasteiger partial charge in [0, 0.05) is 43.4 Å². The van der Waals surface area contributed by atoms with E-state index in [0.717, 1.165) is 48.5 Å². The third-order valence-corrected chi connectivity index (χ3v) is 4.03. The number of hydrogen-bond acceptors (Lipinski definition) is 4. The minimum atomic E-state index is -0.159. The summed E-state index contributed by atoms with van der Waals surface area (Å²) >= 11 is 11.7. The number of aromatic nitrogens is 2. The second-order valence-corrected chi connectivity index (χ2v) is 6.16. The molecule has 7 heteroatoms. The molecule has 0 aliphatic heterocycles. The largest absolute Gasteiger partial charge is 0.466 e. The SMILES string of the molecule is CCOC(=O)CCCc1nc2ccc(N(CCCl)CCCl)cc2[nH]1. The molecule has 0 aliphatic rings. The molecule has 0 spiro atoms. The maximum atomic E-state index is 11.4. The number of halogens is 2. The van der Waals surface area contributed by atoms with Crippen LogP contribution in [0.5, 0.6) is 0 Å². The summed E-state index contributed by atoms with van der Waals surface area (Å²) in [5, 5.41) is 0. The third-order valence-electron chi connectivity index (χ3n) is 3.69. The minimum absolute atomic E-state index is 0.159. The Morgan fingerprint density at radius 2 is 2.04 bits per heavy atom. The molecule has 0 unspecified atom stereocenters. The Hall–Kier alpha value is -1.46. The molecule has 1 aromatic carbocycles. The monoisotopic (exact) mass is 371 g/mol. The van der Waals surface area contributed by atoms with E-state index in [-0.39, 0.29) is 5.97 Å². The lowest BCUT2D eigenvalue weighted by atomic mass is 10.2. The highest BCUT2D eigenvalue weighted by Crippen LogP contribution is 2.21. The van der Waals surface area contributed by atoms with Crippen molar-refractivity contribution in [3.63, 3.8) is 0 Å². The molecule has 0 saturated heterocycles. The second-order valence-electron chi connectivity index (χ2n) is 5.41. The fraction of sp³-hybridized carbons (Fsp3) is 0.529. The summed E-state index contributed by atoms with van der Waals surface area (Å²) in [6.45, 7) is 3.74. The van der Waals surface area contributed by atoms with E-state index in [0.29, 0.717) is 24.8 Å². The maximum absolute atomic E-state index is 11.4. The van der Waals surface area contributed by atoms with Crippen LogP contribution in [-0.2, 0) is 16.0 Å². The van der Waals surface area contributed by atoms with Crippen molar-refractivity contribution >= 4 is 45.9 Å². The van der Waals surface area contributed by atoms with Gasteiger partial charge in [0.2, 0.25) is 0 Å². The third kappa shape index (κ3) is 5.28. The van der Waals surface area contributed by atoms with Crippen molar-refractivity contribution in [2.45, 2.75) is 26.2 Å². The van der Waals surface area contributed by atoms with Gasteiger partial charge in [-0.25, -0.2) is 4.98 Å². The summed E-state index contributed by atoms with van der Waals surface area (Å²) in [4.78, 5) is 21.4. The van der Waals surface area contributed by atoms with Gasteiger partial charge >= 0.3 is 5.97 Å². The Morgan fingerprint density at radius 3 is 2.71 bits per heavy atom. The van der Waals surface area contributed by atoms with Gasteiger partial charge in [0.15, 0.2) is 0 Å². The summed E-state index contributed by atoms with van der Waals surface area (Å²) in [5.41, 5.74) is 2.97. The van der Waals surface area contributed by atoms with Gasteiger partial charge in [0.25, 0.3) is 0 Å². The highest BCUT2D eigenvalue weighted by atomic mass is 35.5. The van der Waals surface area contributed by atoms with Gasteiger partial charge in [-0.15, -0.1) is 23.2 Å². The lowest BCUT2D eigenvalue weighted by Crippen LogP contribution is -2.27. The van der Waals surface area contributed by atoms with Crippen molar-refractivity contribution in [3.05, 3.63) is 24.0 Å². The zero-order valence-electron chi connectivity index (χ0n) is 13.9. The number of ether oxygens (including phenoxy) is 1. The first kappa shape index (κ1) is 18.9. The quantitative estimate of drug-likeness (QED) is 0.510. The van der Waals surface area contributed by atoms with Crippen molar-refractivity contribution in [1.82, 2.24) is 9.97 Å². The highest BCUT2D eigenvalue weighted by Gasteiger charge is 2.09. The van der Waals surface area contributed by atoms with Crippen molar-refractivity contribution in [2.75, 3.05) is 36.4 Å².